The van der Waals surface area contributed by atoms with E-state index in [-0.39, 0.29) is 11.9 Å². The summed E-state index contributed by atoms with van der Waals surface area (Å²) in [5, 5.41) is 5.31. The predicted octanol–water partition coefficient (Wildman–Crippen LogP) is 4.20. The van der Waals surface area contributed by atoms with E-state index < -0.39 is 0 Å². The normalized spacial score (nSPS) is 12.0. The Morgan fingerprint density at radius 1 is 0.909 bits per heavy atom. The van der Waals surface area contributed by atoms with Crippen molar-refractivity contribution in [2.75, 3.05) is 0 Å². The topological polar surface area (TPSA) is 29.1 Å². The monoisotopic (exact) mass is 289 g/mol. The average molecular weight is 289 g/mol. The van der Waals surface area contributed by atoms with Crippen LogP contribution in [0.3, 0.4) is 0 Å². The van der Waals surface area contributed by atoms with Crippen LogP contribution in [-0.4, -0.2) is 11.9 Å². The Labute approximate surface area is 130 Å². The van der Waals surface area contributed by atoms with E-state index in [2.05, 4.69) is 23.5 Å². The van der Waals surface area contributed by atoms with Crippen molar-refractivity contribution in [1.29, 1.82) is 0 Å². The van der Waals surface area contributed by atoms with Crippen molar-refractivity contribution >= 4 is 16.7 Å². The Morgan fingerprint density at radius 2 is 1.59 bits per heavy atom. The first-order chi connectivity index (χ1) is 10.7. The first-order valence-corrected chi connectivity index (χ1v) is 7.56. The molecule has 0 aliphatic carbocycles. The van der Waals surface area contributed by atoms with E-state index in [1.807, 2.05) is 61.5 Å². The van der Waals surface area contributed by atoms with Crippen LogP contribution in [-0.2, 0) is 6.42 Å². The number of nitrogens with one attached hydrogen (secondary N) is 1. The minimum absolute atomic E-state index is 0.0193. The number of amides is 1. The quantitative estimate of drug-likeness (QED) is 0.766. The maximum Gasteiger partial charge on any atom is 0.251 e. The molecule has 0 radical (unpaired) electrons. The lowest BCUT2D eigenvalue weighted by molar-refractivity contribution is 0.0940. The molecule has 0 heterocycles. The van der Waals surface area contributed by atoms with Gasteiger partial charge in [-0.15, -0.1) is 0 Å². The number of hydrogen-bond acceptors (Lipinski definition) is 1. The van der Waals surface area contributed by atoms with Gasteiger partial charge < -0.3 is 5.32 Å². The summed E-state index contributed by atoms with van der Waals surface area (Å²) in [6.07, 6.45) is 0.833. The zero-order valence-electron chi connectivity index (χ0n) is 12.6. The largest absolute Gasteiger partial charge is 0.349 e. The molecule has 0 saturated carbocycles. The number of carbonyl (C=O) groups is 1. The zero-order valence-corrected chi connectivity index (χ0v) is 12.6. The van der Waals surface area contributed by atoms with Crippen LogP contribution in [0, 0.1) is 0 Å². The molecule has 0 aromatic heterocycles. The van der Waals surface area contributed by atoms with Gasteiger partial charge in [0.05, 0.1) is 0 Å². The third-order valence-corrected chi connectivity index (χ3v) is 3.77. The fourth-order valence-corrected chi connectivity index (χ4v) is 2.66. The van der Waals surface area contributed by atoms with Gasteiger partial charge in [-0.1, -0.05) is 60.7 Å². The standard InChI is InChI=1S/C20H19NO/c1-15(13-16-7-3-2-4-8-16)21-20(22)19-12-11-17-9-5-6-10-18(17)14-19/h2-12,14-15H,13H2,1H3,(H,21,22). The maximum absolute atomic E-state index is 12.4. The predicted molar refractivity (Wildman–Crippen MR) is 91.0 cm³/mol. The van der Waals surface area contributed by atoms with Crippen molar-refractivity contribution in [3.05, 3.63) is 83.9 Å². The Bertz CT molecular complexity index is 780. The van der Waals surface area contributed by atoms with Gasteiger partial charge in [0.1, 0.15) is 0 Å². The van der Waals surface area contributed by atoms with Crippen molar-refractivity contribution in [1.82, 2.24) is 5.32 Å². The molecule has 1 unspecified atom stereocenters. The second-order valence-corrected chi connectivity index (χ2v) is 5.63. The molecule has 2 nitrogen and oxygen atoms in total. The van der Waals surface area contributed by atoms with Crippen molar-refractivity contribution in [3.8, 4) is 0 Å². The number of carbonyl (C=O) groups excluding carboxylic acids is 1. The van der Waals surface area contributed by atoms with Crippen molar-refractivity contribution in [2.24, 2.45) is 0 Å². The van der Waals surface area contributed by atoms with E-state index in [9.17, 15) is 4.79 Å². The lowest BCUT2D eigenvalue weighted by atomic mass is 10.0. The zero-order chi connectivity index (χ0) is 15.4. The summed E-state index contributed by atoms with van der Waals surface area (Å²) in [5.41, 5.74) is 1.94. The fourth-order valence-electron chi connectivity index (χ4n) is 2.66. The molecule has 22 heavy (non-hydrogen) atoms. The Hall–Kier alpha value is -2.61. The molecule has 2 heteroatoms. The minimum Gasteiger partial charge on any atom is -0.349 e. The van der Waals surface area contributed by atoms with Crippen LogP contribution in [0.25, 0.3) is 10.8 Å². The van der Waals surface area contributed by atoms with E-state index >= 15 is 0 Å². The number of rotatable bonds is 4. The van der Waals surface area contributed by atoms with Crippen LogP contribution >= 0.6 is 0 Å². The summed E-state index contributed by atoms with van der Waals surface area (Å²) >= 11 is 0. The van der Waals surface area contributed by atoms with Gasteiger partial charge in [-0.25, -0.2) is 0 Å². The third-order valence-electron chi connectivity index (χ3n) is 3.77. The summed E-state index contributed by atoms with van der Waals surface area (Å²) < 4.78 is 0. The SMILES string of the molecule is CC(Cc1ccccc1)NC(=O)c1ccc2ccccc2c1. The van der Waals surface area contributed by atoms with Crippen LogP contribution in [0.1, 0.15) is 22.8 Å². The van der Waals surface area contributed by atoms with Crippen LogP contribution in [0.2, 0.25) is 0 Å². The first-order valence-electron chi connectivity index (χ1n) is 7.56. The van der Waals surface area contributed by atoms with E-state index in [0.717, 1.165) is 17.2 Å². The molecule has 1 N–H and O–H groups in total. The molecule has 0 aliphatic rings. The number of fused-ring (bicyclic) bond motifs is 1. The highest BCUT2D eigenvalue weighted by Crippen LogP contribution is 2.15. The molecule has 1 atom stereocenters. The van der Waals surface area contributed by atoms with E-state index in [4.69, 9.17) is 0 Å². The van der Waals surface area contributed by atoms with E-state index in [0.29, 0.717) is 5.56 Å². The Balaban J connectivity index is 1.70. The van der Waals surface area contributed by atoms with Gasteiger partial charge in [-0.2, -0.15) is 0 Å². The molecule has 0 bridgehead atoms. The van der Waals surface area contributed by atoms with Gasteiger partial charge in [-0.05, 0) is 41.8 Å². The van der Waals surface area contributed by atoms with Gasteiger partial charge >= 0.3 is 0 Å². The lowest BCUT2D eigenvalue weighted by Crippen LogP contribution is -2.34. The van der Waals surface area contributed by atoms with Crippen LogP contribution in [0.4, 0.5) is 0 Å². The van der Waals surface area contributed by atoms with Gasteiger partial charge in [0.25, 0.3) is 5.91 Å². The lowest BCUT2D eigenvalue weighted by Gasteiger charge is -2.14. The molecule has 0 spiro atoms. The van der Waals surface area contributed by atoms with Gasteiger partial charge in [0, 0.05) is 11.6 Å². The molecule has 0 aliphatic heterocycles. The van der Waals surface area contributed by atoms with Gasteiger partial charge in [0.2, 0.25) is 0 Å². The third kappa shape index (κ3) is 3.34. The molecule has 3 aromatic rings. The first kappa shape index (κ1) is 14.3. The second-order valence-electron chi connectivity index (χ2n) is 5.63. The van der Waals surface area contributed by atoms with Crippen LogP contribution < -0.4 is 5.32 Å². The summed E-state index contributed by atoms with van der Waals surface area (Å²) in [6.45, 7) is 2.03. The smallest absolute Gasteiger partial charge is 0.251 e. The molecule has 3 rings (SSSR count). The average Bonchev–Trinajstić information content (AvgIpc) is 2.55. The van der Waals surface area contributed by atoms with Crippen LogP contribution in [0.5, 0.6) is 0 Å². The molecule has 3 aromatic carbocycles. The highest BCUT2D eigenvalue weighted by atomic mass is 16.1. The molecule has 110 valence electrons. The summed E-state index contributed by atoms with van der Waals surface area (Å²) in [4.78, 5) is 12.4. The fraction of sp³-hybridized carbons (Fsp3) is 0.150. The summed E-state index contributed by atoms with van der Waals surface area (Å²) in [6, 6.07) is 24.2. The maximum atomic E-state index is 12.4. The number of hydrogen-bond donors (Lipinski definition) is 1. The van der Waals surface area contributed by atoms with E-state index in [1.54, 1.807) is 0 Å². The summed E-state index contributed by atoms with van der Waals surface area (Å²) in [7, 11) is 0. The molecular formula is C20H19NO. The van der Waals surface area contributed by atoms with Crippen molar-refractivity contribution < 1.29 is 4.79 Å². The molecule has 0 saturated heterocycles. The van der Waals surface area contributed by atoms with Crippen LogP contribution in [0.15, 0.2) is 72.8 Å². The number of benzene rings is 3. The van der Waals surface area contributed by atoms with Crippen molar-refractivity contribution in [2.45, 2.75) is 19.4 Å². The molecular weight excluding hydrogens is 270 g/mol. The minimum atomic E-state index is -0.0193. The van der Waals surface area contributed by atoms with E-state index in [1.165, 1.54) is 5.56 Å². The second kappa shape index (κ2) is 6.44. The highest BCUT2D eigenvalue weighted by molar-refractivity contribution is 5.98. The summed E-state index contributed by atoms with van der Waals surface area (Å²) in [5.74, 6) is -0.0193. The molecule has 1 amide bonds. The van der Waals surface area contributed by atoms with Gasteiger partial charge in [0.15, 0.2) is 0 Å². The Morgan fingerprint density at radius 3 is 2.36 bits per heavy atom. The highest BCUT2D eigenvalue weighted by Gasteiger charge is 2.10. The van der Waals surface area contributed by atoms with Crippen molar-refractivity contribution in [3.63, 3.8) is 0 Å². The Kier molecular flexibility index (Phi) is 4.19. The molecule has 0 fully saturated rings. The van der Waals surface area contributed by atoms with Gasteiger partial charge in [-0.3, -0.25) is 4.79 Å².